The van der Waals surface area contributed by atoms with Crippen LogP contribution in [0, 0.1) is 13.8 Å². The third-order valence-electron chi connectivity index (χ3n) is 5.57. The molecule has 0 radical (unpaired) electrons. The molecule has 1 aliphatic heterocycles. The van der Waals surface area contributed by atoms with Gasteiger partial charge >= 0.3 is 0 Å². The number of amides is 1. The van der Waals surface area contributed by atoms with Crippen LogP contribution < -0.4 is 19.8 Å². The number of carbonyl (C=O) groups excluding carboxylic acids is 1. The molecule has 5 rings (SSSR count). The molecule has 1 amide bonds. The SMILES string of the molecule is COc1cccc(C2c3c(oc4ccc(C)cc4c3=O)C(=O)N2c2nc(C)cs2)c1OC. The first kappa shape index (κ1) is 20.3. The van der Waals surface area contributed by atoms with Crippen molar-refractivity contribution in [3.8, 4) is 11.5 Å². The molecular formula is C24H20N2O5S. The van der Waals surface area contributed by atoms with Crippen LogP contribution >= 0.6 is 11.3 Å². The molecule has 4 aromatic rings. The highest BCUT2D eigenvalue weighted by Crippen LogP contribution is 2.46. The second kappa shape index (κ2) is 7.49. The summed E-state index contributed by atoms with van der Waals surface area (Å²) in [4.78, 5) is 33.3. The Morgan fingerprint density at radius 2 is 1.91 bits per heavy atom. The average molecular weight is 449 g/mol. The van der Waals surface area contributed by atoms with Crippen LogP contribution in [-0.4, -0.2) is 25.1 Å². The molecule has 0 aliphatic carbocycles. The van der Waals surface area contributed by atoms with Gasteiger partial charge in [0.2, 0.25) is 5.76 Å². The molecule has 0 spiro atoms. The average Bonchev–Trinajstić information content (AvgIpc) is 3.34. The van der Waals surface area contributed by atoms with Gasteiger partial charge < -0.3 is 13.9 Å². The molecule has 0 saturated heterocycles. The zero-order valence-corrected chi connectivity index (χ0v) is 18.8. The van der Waals surface area contributed by atoms with E-state index < -0.39 is 11.9 Å². The van der Waals surface area contributed by atoms with E-state index in [0.717, 1.165) is 11.3 Å². The highest BCUT2D eigenvalue weighted by atomic mass is 32.1. The molecule has 2 aromatic heterocycles. The number of aryl methyl sites for hydroxylation is 2. The molecule has 8 heteroatoms. The normalized spacial score (nSPS) is 15.3. The number of rotatable bonds is 4. The van der Waals surface area contributed by atoms with Gasteiger partial charge in [-0.3, -0.25) is 14.5 Å². The largest absolute Gasteiger partial charge is 0.493 e. The highest BCUT2D eigenvalue weighted by molar-refractivity contribution is 7.14. The molecule has 0 fully saturated rings. The van der Waals surface area contributed by atoms with E-state index in [1.165, 1.54) is 23.3 Å². The number of aromatic nitrogens is 1. The Hall–Kier alpha value is -3.65. The number of hydrogen-bond acceptors (Lipinski definition) is 7. The second-order valence-corrected chi connectivity index (χ2v) is 8.44. The van der Waals surface area contributed by atoms with Gasteiger partial charge in [0, 0.05) is 10.9 Å². The lowest BCUT2D eigenvalue weighted by Gasteiger charge is -2.24. The zero-order valence-electron chi connectivity index (χ0n) is 18.0. The molecular weight excluding hydrogens is 428 g/mol. The van der Waals surface area contributed by atoms with Crippen LogP contribution in [0.4, 0.5) is 5.13 Å². The first-order valence-corrected chi connectivity index (χ1v) is 10.9. The monoisotopic (exact) mass is 448 g/mol. The molecule has 0 N–H and O–H groups in total. The molecule has 1 atom stereocenters. The van der Waals surface area contributed by atoms with Gasteiger partial charge in [-0.25, -0.2) is 4.98 Å². The minimum Gasteiger partial charge on any atom is -0.493 e. The summed E-state index contributed by atoms with van der Waals surface area (Å²) in [5, 5.41) is 2.77. The Kier molecular flexibility index (Phi) is 4.74. The van der Waals surface area contributed by atoms with Crippen LogP contribution in [0.15, 0.2) is 51.0 Å². The molecule has 1 unspecified atom stereocenters. The molecule has 32 heavy (non-hydrogen) atoms. The molecule has 162 valence electrons. The van der Waals surface area contributed by atoms with Crippen LogP contribution in [0.5, 0.6) is 11.5 Å². The van der Waals surface area contributed by atoms with Gasteiger partial charge in [0.1, 0.15) is 11.6 Å². The molecule has 3 heterocycles. The van der Waals surface area contributed by atoms with Crippen molar-refractivity contribution in [1.82, 2.24) is 4.98 Å². The van der Waals surface area contributed by atoms with E-state index in [2.05, 4.69) is 4.98 Å². The van der Waals surface area contributed by atoms with Crippen molar-refractivity contribution in [3.05, 3.63) is 80.1 Å². The predicted octanol–water partition coefficient (Wildman–Crippen LogP) is 4.63. The van der Waals surface area contributed by atoms with E-state index >= 15 is 0 Å². The van der Waals surface area contributed by atoms with Gasteiger partial charge in [-0.1, -0.05) is 23.8 Å². The van der Waals surface area contributed by atoms with Crippen LogP contribution in [0.3, 0.4) is 0 Å². The Labute approximate surface area is 187 Å². The van der Waals surface area contributed by atoms with Crippen molar-refractivity contribution in [2.24, 2.45) is 0 Å². The van der Waals surface area contributed by atoms with E-state index in [0.29, 0.717) is 33.2 Å². The van der Waals surface area contributed by atoms with Gasteiger partial charge in [-0.15, -0.1) is 11.3 Å². The topological polar surface area (TPSA) is 81.9 Å². The number of fused-ring (bicyclic) bond motifs is 2. The third-order valence-corrected chi connectivity index (χ3v) is 6.52. The Morgan fingerprint density at radius 3 is 2.59 bits per heavy atom. The number of carbonyl (C=O) groups is 1. The summed E-state index contributed by atoms with van der Waals surface area (Å²) in [7, 11) is 3.07. The smallest absolute Gasteiger partial charge is 0.297 e. The van der Waals surface area contributed by atoms with Gasteiger partial charge in [0.05, 0.1) is 30.9 Å². The molecule has 2 aromatic carbocycles. The summed E-state index contributed by atoms with van der Waals surface area (Å²) < 4.78 is 17.1. The minimum absolute atomic E-state index is 0.0223. The van der Waals surface area contributed by atoms with E-state index in [9.17, 15) is 9.59 Å². The first-order chi connectivity index (χ1) is 15.4. The Bertz CT molecular complexity index is 1440. The number of ether oxygens (including phenoxy) is 2. The van der Waals surface area contributed by atoms with Crippen molar-refractivity contribution in [3.63, 3.8) is 0 Å². The Morgan fingerprint density at radius 1 is 1.09 bits per heavy atom. The van der Waals surface area contributed by atoms with Gasteiger partial charge in [0.15, 0.2) is 22.1 Å². The number of nitrogens with zero attached hydrogens (tertiary/aromatic N) is 2. The van der Waals surface area contributed by atoms with Gasteiger partial charge in [-0.05, 0) is 32.0 Å². The number of anilines is 1. The summed E-state index contributed by atoms with van der Waals surface area (Å²) in [6.45, 7) is 3.76. The predicted molar refractivity (Wildman–Crippen MR) is 122 cm³/mol. The van der Waals surface area contributed by atoms with E-state index in [-0.39, 0.29) is 16.8 Å². The van der Waals surface area contributed by atoms with Crippen molar-refractivity contribution in [2.45, 2.75) is 19.9 Å². The molecule has 0 bridgehead atoms. The van der Waals surface area contributed by atoms with Crippen LogP contribution in [-0.2, 0) is 0 Å². The zero-order chi connectivity index (χ0) is 22.6. The first-order valence-electron chi connectivity index (χ1n) is 9.98. The van der Waals surface area contributed by atoms with Crippen molar-refractivity contribution >= 4 is 33.3 Å². The summed E-state index contributed by atoms with van der Waals surface area (Å²) in [6.07, 6.45) is 0. The van der Waals surface area contributed by atoms with Crippen molar-refractivity contribution in [2.75, 3.05) is 19.1 Å². The third kappa shape index (κ3) is 2.90. The number of para-hydroxylation sites is 1. The maximum absolute atomic E-state index is 13.7. The number of methoxy groups -OCH3 is 2. The van der Waals surface area contributed by atoms with Crippen LogP contribution in [0.2, 0.25) is 0 Å². The number of benzene rings is 2. The fourth-order valence-corrected chi connectivity index (χ4v) is 4.99. The lowest BCUT2D eigenvalue weighted by molar-refractivity contribution is 0.0970. The lowest BCUT2D eigenvalue weighted by Crippen LogP contribution is -2.29. The van der Waals surface area contributed by atoms with E-state index in [1.54, 1.807) is 31.4 Å². The number of thiazole rings is 1. The quantitative estimate of drug-likeness (QED) is 0.453. The summed E-state index contributed by atoms with van der Waals surface area (Å²) in [5.74, 6) is 0.558. The van der Waals surface area contributed by atoms with Crippen LogP contribution in [0.1, 0.15) is 39.0 Å². The molecule has 0 saturated carbocycles. The lowest BCUT2D eigenvalue weighted by atomic mass is 9.97. The maximum Gasteiger partial charge on any atom is 0.297 e. The van der Waals surface area contributed by atoms with Crippen molar-refractivity contribution < 1.29 is 18.7 Å². The fraction of sp³-hybridized carbons (Fsp3) is 0.208. The Balaban J connectivity index is 1.86. The number of hydrogen-bond donors (Lipinski definition) is 0. The second-order valence-electron chi connectivity index (χ2n) is 7.61. The van der Waals surface area contributed by atoms with Gasteiger partial charge in [0.25, 0.3) is 5.91 Å². The summed E-state index contributed by atoms with van der Waals surface area (Å²) in [6, 6.07) is 9.97. The standard InChI is InChI=1S/C24H20N2O5S/c1-12-8-9-16-15(10-12)20(27)18-19(14-6-5-7-17(29-3)21(14)30-4)26(23(28)22(18)31-16)24-25-13(2)11-32-24/h5-11,19H,1-4H3. The molecule has 7 nitrogen and oxygen atoms in total. The molecule has 1 aliphatic rings. The van der Waals surface area contributed by atoms with Crippen molar-refractivity contribution in [1.29, 1.82) is 0 Å². The minimum atomic E-state index is -0.769. The highest BCUT2D eigenvalue weighted by Gasteiger charge is 2.46. The van der Waals surface area contributed by atoms with E-state index in [4.69, 9.17) is 13.9 Å². The summed E-state index contributed by atoms with van der Waals surface area (Å²) >= 11 is 1.33. The van der Waals surface area contributed by atoms with E-state index in [1.807, 2.05) is 31.4 Å². The van der Waals surface area contributed by atoms with Crippen LogP contribution in [0.25, 0.3) is 11.0 Å². The summed E-state index contributed by atoms with van der Waals surface area (Å²) in [5.41, 5.74) is 2.73. The van der Waals surface area contributed by atoms with Gasteiger partial charge in [-0.2, -0.15) is 0 Å². The maximum atomic E-state index is 13.7. The fourth-order valence-electron chi connectivity index (χ4n) is 4.16.